The molecule has 2 aromatic rings. The highest BCUT2D eigenvalue weighted by Gasteiger charge is 2.40. The molecule has 0 atom stereocenters. The topological polar surface area (TPSA) is 45.6 Å². The number of amidine groups is 1. The first kappa shape index (κ1) is 16.0. The second-order valence-electron chi connectivity index (χ2n) is 6.92. The highest BCUT2D eigenvalue weighted by molar-refractivity contribution is 6.09. The smallest absolute Gasteiger partial charge is 0.127 e. The molecule has 0 amide bonds. The molecule has 25 heavy (non-hydrogen) atoms. The van der Waals surface area contributed by atoms with Crippen molar-refractivity contribution in [3.63, 3.8) is 0 Å². The number of rotatable bonds is 3. The van der Waals surface area contributed by atoms with Crippen molar-refractivity contribution in [1.29, 1.82) is 0 Å². The van der Waals surface area contributed by atoms with E-state index in [-0.39, 0.29) is 5.54 Å². The van der Waals surface area contributed by atoms with Crippen molar-refractivity contribution in [1.82, 2.24) is 0 Å². The predicted octanol–water partition coefficient (Wildman–Crippen LogP) is 4.83. The van der Waals surface area contributed by atoms with E-state index >= 15 is 0 Å². The first-order valence-corrected chi connectivity index (χ1v) is 9.12. The Labute approximate surface area is 149 Å². The van der Waals surface area contributed by atoms with Gasteiger partial charge in [-0.3, -0.25) is 4.99 Å². The van der Waals surface area contributed by atoms with Crippen LogP contribution >= 0.6 is 0 Å². The molecule has 1 saturated carbocycles. The van der Waals surface area contributed by atoms with Gasteiger partial charge in [-0.05, 0) is 31.0 Å². The Morgan fingerprint density at radius 1 is 0.960 bits per heavy atom. The lowest BCUT2D eigenvalue weighted by Crippen LogP contribution is -2.53. The number of methoxy groups -OCH3 is 1. The fourth-order valence-corrected chi connectivity index (χ4v) is 3.97. The van der Waals surface area contributed by atoms with Gasteiger partial charge in [-0.2, -0.15) is 0 Å². The summed E-state index contributed by atoms with van der Waals surface area (Å²) in [6.45, 7) is 0.623. The first-order valence-electron chi connectivity index (χ1n) is 9.12. The molecule has 0 bridgehead atoms. The summed E-state index contributed by atoms with van der Waals surface area (Å²) in [5, 5.41) is 7.41. The lowest BCUT2D eigenvalue weighted by molar-refractivity contribution is 0.401. The van der Waals surface area contributed by atoms with Crippen LogP contribution in [0, 0.1) is 0 Å². The van der Waals surface area contributed by atoms with Gasteiger partial charge in [0.05, 0.1) is 30.6 Å². The minimum atomic E-state index is -0.0609. The van der Waals surface area contributed by atoms with E-state index in [1.807, 2.05) is 18.2 Å². The number of nitrogens with zero attached hydrogens (tertiary/aromatic N) is 1. The molecule has 0 saturated heterocycles. The molecule has 1 aliphatic carbocycles. The lowest BCUT2D eigenvalue weighted by atomic mass is 9.79. The third kappa shape index (κ3) is 3.09. The number of aliphatic imine (C=N–C) groups is 1. The molecule has 2 N–H and O–H groups in total. The van der Waals surface area contributed by atoms with Crippen molar-refractivity contribution in [3.05, 3.63) is 54.1 Å². The van der Waals surface area contributed by atoms with Crippen LogP contribution in [0.15, 0.2) is 53.5 Å². The standard InChI is InChI=1S/C21H25N3O/c1-25-19-12-6-3-9-16(19)15-22-20-21(13-7-2-8-14-21)24-18-11-5-4-10-17(18)23-20/h3-6,9-12,24H,2,7-8,13-15H2,1H3,(H,22,23). The lowest BCUT2D eigenvalue weighted by Gasteiger charge is -2.44. The maximum atomic E-state index is 5.47. The first-order chi connectivity index (χ1) is 12.3. The molecule has 1 aliphatic heterocycles. The quantitative estimate of drug-likeness (QED) is 0.844. The molecule has 4 rings (SSSR count). The molecular formula is C21H25N3O. The van der Waals surface area contributed by atoms with Crippen molar-refractivity contribution < 1.29 is 4.74 Å². The summed E-state index contributed by atoms with van der Waals surface area (Å²) >= 11 is 0. The predicted molar refractivity (Wildman–Crippen MR) is 104 cm³/mol. The number of para-hydroxylation sites is 3. The van der Waals surface area contributed by atoms with Crippen LogP contribution in [-0.4, -0.2) is 18.5 Å². The van der Waals surface area contributed by atoms with Crippen LogP contribution in [0.4, 0.5) is 11.4 Å². The summed E-state index contributed by atoms with van der Waals surface area (Å²) in [7, 11) is 1.71. The molecular weight excluding hydrogens is 310 g/mol. The van der Waals surface area contributed by atoms with E-state index in [9.17, 15) is 0 Å². The number of benzene rings is 2. The van der Waals surface area contributed by atoms with Gasteiger partial charge in [-0.15, -0.1) is 0 Å². The normalized spacial score (nSPS) is 19.8. The van der Waals surface area contributed by atoms with Gasteiger partial charge in [-0.25, -0.2) is 0 Å². The fraction of sp³-hybridized carbons (Fsp3) is 0.381. The monoisotopic (exact) mass is 335 g/mol. The summed E-state index contributed by atoms with van der Waals surface area (Å²) in [5.41, 5.74) is 3.34. The highest BCUT2D eigenvalue weighted by Crippen LogP contribution is 2.39. The van der Waals surface area contributed by atoms with E-state index < -0.39 is 0 Å². The number of anilines is 2. The van der Waals surface area contributed by atoms with Crippen LogP contribution < -0.4 is 15.4 Å². The van der Waals surface area contributed by atoms with Crippen LogP contribution in [0.25, 0.3) is 0 Å². The van der Waals surface area contributed by atoms with Gasteiger partial charge >= 0.3 is 0 Å². The Balaban J connectivity index is 1.67. The zero-order valence-electron chi connectivity index (χ0n) is 14.7. The third-order valence-corrected chi connectivity index (χ3v) is 5.31. The number of hydrogen-bond acceptors (Lipinski definition) is 3. The van der Waals surface area contributed by atoms with Gasteiger partial charge in [0.15, 0.2) is 0 Å². The van der Waals surface area contributed by atoms with E-state index in [4.69, 9.17) is 9.73 Å². The van der Waals surface area contributed by atoms with Crippen molar-refractivity contribution in [3.8, 4) is 5.75 Å². The van der Waals surface area contributed by atoms with Gasteiger partial charge in [0, 0.05) is 5.56 Å². The Kier molecular flexibility index (Phi) is 4.35. The SMILES string of the molecule is COc1ccccc1CN=C1Nc2ccccc2NC12CCCCC2. The van der Waals surface area contributed by atoms with Crippen molar-refractivity contribution in [2.45, 2.75) is 44.2 Å². The van der Waals surface area contributed by atoms with E-state index in [2.05, 4.69) is 41.0 Å². The average Bonchev–Trinajstić information content (AvgIpc) is 2.67. The van der Waals surface area contributed by atoms with Gasteiger partial charge in [0.2, 0.25) is 0 Å². The summed E-state index contributed by atoms with van der Waals surface area (Å²) in [5.74, 6) is 1.96. The van der Waals surface area contributed by atoms with Gasteiger partial charge in [0.25, 0.3) is 0 Å². The van der Waals surface area contributed by atoms with Crippen LogP contribution in [0.2, 0.25) is 0 Å². The van der Waals surface area contributed by atoms with Crippen LogP contribution in [0.1, 0.15) is 37.7 Å². The molecule has 4 heteroatoms. The van der Waals surface area contributed by atoms with E-state index in [0.717, 1.165) is 35.7 Å². The van der Waals surface area contributed by atoms with Crippen molar-refractivity contribution in [2.24, 2.45) is 4.99 Å². The van der Waals surface area contributed by atoms with E-state index in [1.165, 1.54) is 24.9 Å². The minimum Gasteiger partial charge on any atom is -0.496 e. The molecule has 4 nitrogen and oxygen atoms in total. The molecule has 1 fully saturated rings. The zero-order chi connectivity index (χ0) is 17.1. The van der Waals surface area contributed by atoms with Crippen LogP contribution in [0.5, 0.6) is 5.75 Å². The van der Waals surface area contributed by atoms with Crippen LogP contribution in [-0.2, 0) is 6.54 Å². The zero-order valence-corrected chi connectivity index (χ0v) is 14.7. The Morgan fingerprint density at radius 3 is 2.48 bits per heavy atom. The average molecular weight is 335 g/mol. The summed E-state index contributed by atoms with van der Waals surface area (Å²) < 4.78 is 5.47. The van der Waals surface area contributed by atoms with Gasteiger partial charge in [0.1, 0.15) is 11.6 Å². The molecule has 0 unspecified atom stereocenters. The second kappa shape index (κ2) is 6.79. The molecule has 1 spiro atoms. The number of nitrogens with one attached hydrogen (secondary N) is 2. The molecule has 1 heterocycles. The Bertz CT molecular complexity index is 778. The largest absolute Gasteiger partial charge is 0.496 e. The molecule has 0 aromatic heterocycles. The minimum absolute atomic E-state index is 0.0609. The summed E-state index contributed by atoms with van der Waals surface area (Å²) in [4.78, 5) is 5.00. The van der Waals surface area contributed by atoms with Gasteiger partial charge < -0.3 is 15.4 Å². The maximum Gasteiger partial charge on any atom is 0.127 e. The van der Waals surface area contributed by atoms with Crippen molar-refractivity contribution >= 4 is 17.2 Å². The fourth-order valence-electron chi connectivity index (χ4n) is 3.97. The third-order valence-electron chi connectivity index (χ3n) is 5.31. The molecule has 0 radical (unpaired) electrons. The van der Waals surface area contributed by atoms with Crippen molar-refractivity contribution in [2.75, 3.05) is 17.7 Å². The Hall–Kier alpha value is -2.49. The van der Waals surface area contributed by atoms with Gasteiger partial charge in [-0.1, -0.05) is 49.6 Å². The number of ether oxygens (including phenoxy) is 1. The summed E-state index contributed by atoms with van der Waals surface area (Å²) in [6.07, 6.45) is 6.04. The maximum absolute atomic E-state index is 5.47. The second-order valence-corrected chi connectivity index (χ2v) is 6.92. The Morgan fingerprint density at radius 2 is 1.68 bits per heavy atom. The summed E-state index contributed by atoms with van der Waals surface area (Å²) in [6, 6.07) is 16.5. The molecule has 2 aromatic carbocycles. The van der Waals surface area contributed by atoms with Crippen LogP contribution in [0.3, 0.4) is 0 Å². The highest BCUT2D eigenvalue weighted by atomic mass is 16.5. The number of hydrogen-bond donors (Lipinski definition) is 2. The van der Waals surface area contributed by atoms with E-state index in [1.54, 1.807) is 7.11 Å². The van der Waals surface area contributed by atoms with E-state index in [0.29, 0.717) is 6.54 Å². The molecule has 2 aliphatic rings. The number of fused-ring (bicyclic) bond motifs is 1. The molecule has 130 valence electrons.